The van der Waals surface area contributed by atoms with Crippen LogP contribution in [0.5, 0.6) is 0 Å². The molecular formula is C11H12BrClN4O. The highest BCUT2D eigenvalue weighted by Gasteiger charge is 2.12. The monoisotopic (exact) mass is 330 g/mol. The van der Waals surface area contributed by atoms with Crippen LogP contribution in [0.1, 0.15) is 11.4 Å². The molecule has 0 amide bonds. The van der Waals surface area contributed by atoms with E-state index in [1.165, 1.54) is 0 Å². The lowest BCUT2D eigenvalue weighted by molar-refractivity contribution is 0.660. The number of aromatic nitrogens is 3. The van der Waals surface area contributed by atoms with Crippen LogP contribution in [-0.2, 0) is 13.6 Å². The summed E-state index contributed by atoms with van der Waals surface area (Å²) in [7, 11) is 1.83. The summed E-state index contributed by atoms with van der Waals surface area (Å²) in [6.07, 6.45) is 3.27. The summed E-state index contributed by atoms with van der Waals surface area (Å²) < 4.78 is 3.95. The quantitative estimate of drug-likeness (QED) is 0.914. The first kappa shape index (κ1) is 13.2. The Morgan fingerprint density at radius 1 is 1.50 bits per heavy atom. The molecule has 0 fully saturated rings. The molecule has 0 unspecified atom stereocenters. The molecule has 2 N–H and O–H groups in total. The molecule has 0 aliphatic carbocycles. The van der Waals surface area contributed by atoms with Gasteiger partial charge in [0.1, 0.15) is 0 Å². The second-order valence-corrected chi connectivity index (χ2v) is 5.26. The minimum atomic E-state index is -0.210. The molecule has 0 aliphatic heterocycles. The Balaban J connectivity index is 2.43. The molecular weight excluding hydrogens is 320 g/mol. The first-order chi connectivity index (χ1) is 8.40. The summed E-state index contributed by atoms with van der Waals surface area (Å²) in [5.41, 5.74) is 7.27. The van der Waals surface area contributed by atoms with E-state index in [-0.39, 0.29) is 11.1 Å². The molecule has 2 heterocycles. The minimum Gasteiger partial charge on any atom is -0.394 e. The fourth-order valence-corrected chi connectivity index (χ4v) is 2.44. The molecule has 0 saturated carbocycles. The zero-order chi connectivity index (χ0) is 13.4. The second kappa shape index (κ2) is 4.78. The maximum Gasteiger partial charge on any atom is 0.218 e. The molecule has 0 atom stereocenters. The van der Waals surface area contributed by atoms with Crippen molar-refractivity contribution in [3.05, 3.63) is 43.5 Å². The predicted molar refractivity (Wildman–Crippen MR) is 74.9 cm³/mol. The number of rotatable bonds is 2. The standard InChI is InChI=1S/C11H12BrClN4O/c1-6-10(13)9(16(2)15-6)5-17-3-7(12)11(18)8(14)4-17/h3-4H,5,14H2,1-2H3. The maximum atomic E-state index is 11.5. The van der Waals surface area contributed by atoms with E-state index < -0.39 is 0 Å². The van der Waals surface area contributed by atoms with E-state index in [1.54, 1.807) is 21.6 Å². The van der Waals surface area contributed by atoms with Crippen LogP contribution in [-0.4, -0.2) is 14.3 Å². The summed E-state index contributed by atoms with van der Waals surface area (Å²) in [5.74, 6) is 0. The van der Waals surface area contributed by atoms with Gasteiger partial charge in [-0.2, -0.15) is 5.10 Å². The molecule has 0 bridgehead atoms. The second-order valence-electron chi connectivity index (χ2n) is 4.03. The molecule has 18 heavy (non-hydrogen) atoms. The number of hydrogen-bond donors (Lipinski definition) is 1. The van der Waals surface area contributed by atoms with Gasteiger partial charge in [0.05, 0.1) is 33.1 Å². The Morgan fingerprint density at radius 3 is 2.67 bits per heavy atom. The fraction of sp³-hybridized carbons (Fsp3) is 0.273. The van der Waals surface area contributed by atoms with Gasteiger partial charge in [-0.05, 0) is 22.9 Å². The van der Waals surface area contributed by atoms with Crippen molar-refractivity contribution in [1.29, 1.82) is 0 Å². The average Bonchev–Trinajstić information content (AvgIpc) is 2.53. The third-order valence-corrected chi connectivity index (χ3v) is 3.71. The Kier molecular flexibility index (Phi) is 3.49. The topological polar surface area (TPSA) is 65.8 Å². The molecule has 5 nitrogen and oxygen atoms in total. The zero-order valence-corrected chi connectivity index (χ0v) is 12.3. The van der Waals surface area contributed by atoms with Crippen molar-refractivity contribution >= 4 is 33.2 Å². The van der Waals surface area contributed by atoms with Crippen LogP contribution in [0.25, 0.3) is 0 Å². The van der Waals surface area contributed by atoms with Crippen LogP contribution in [0.3, 0.4) is 0 Å². The van der Waals surface area contributed by atoms with Gasteiger partial charge in [0.25, 0.3) is 0 Å². The van der Waals surface area contributed by atoms with E-state index in [0.29, 0.717) is 16.0 Å². The lowest BCUT2D eigenvalue weighted by Crippen LogP contribution is -2.14. The largest absolute Gasteiger partial charge is 0.394 e. The molecule has 96 valence electrons. The van der Waals surface area contributed by atoms with Gasteiger partial charge in [-0.3, -0.25) is 9.48 Å². The van der Waals surface area contributed by atoms with Gasteiger partial charge in [0.2, 0.25) is 5.43 Å². The number of anilines is 1. The van der Waals surface area contributed by atoms with Gasteiger partial charge >= 0.3 is 0 Å². The number of nitrogens with two attached hydrogens (primary N) is 1. The average molecular weight is 332 g/mol. The van der Waals surface area contributed by atoms with Crippen molar-refractivity contribution in [2.24, 2.45) is 7.05 Å². The lowest BCUT2D eigenvalue weighted by Gasteiger charge is -2.09. The summed E-state index contributed by atoms with van der Waals surface area (Å²) in [6, 6.07) is 0. The van der Waals surface area contributed by atoms with Crippen LogP contribution in [0.15, 0.2) is 21.7 Å². The van der Waals surface area contributed by atoms with Gasteiger partial charge in [-0.25, -0.2) is 0 Å². The summed E-state index contributed by atoms with van der Waals surface area (Å²) in [6.45, 7) is 2.35. The Morgan fingerprint density at radius 2 is 2.17 bits per heavy atom. The van der Waals surface area contributed by atoms with Gasteiger partial charge in [-0.1, -0.05) is 11.6 Å². The molecule has 0 aliphatic rings. The van der Waals surface area contributed by atoms with Crippen molar-refractivity contribution in [2.75, 3.05) is 5.73 Å². The van der Waals surface area contributed by atoms with E-state index in [9.17, 15) is 4.79 Å². The van der Waals surface area contributed by atoms with E-state index in [0.717, 1.165) is 11.4 Å². The van der Waals surface area contributed by atoms with Crippen molar-refractivity contribution in [2.45, 2.75) is 13.5 Å². The smallest absolute Gasteiger partial charge is 0.218 e. The lowest BCUT2D eigenvalue weighted by atomic mass is 10.3. The van der Waals surface area contributed by atoms with Gasteiger partial charge in [0.15, 0.2) is 0 Å². The van der Waals surface area contributed by atoms with Crippen LogP contribution in [0.4, 0.5) is 5.69 Å². The first-order valence-electron chi connectivity index (χ1n) is 5.23. The van der Waals surface area contributed by atoms with Crippen molar-refractivity contribution in [1.82, 2.24) is 14.3 Å². The van der Waals surface area contributed by atoms with Gasteiger partial charge in [0, 0.05) is 19.4 Å². The molecule has 2 aromatic rings. The SMILES string of the molecule is Cc1nn(C)c(Cn2cc(N)c(=O)c(Br)c2)c1Cl. The summed E-state index contributed by atoms with van der Waals surface area (Å²) >= 11 is 9.36. The molecule has 0 saturated heterocycles. The fourth-order valence-electron chi connectivity index (χ4n) is 1.73. The van der Waals surface area contributed by atoms with Crippen molar-refractivity contribution in [3.63, 3.8) is 0 Å². The number of hydrogen-bond acceptors (Lipinski definition) is 3. The van der Waals surface area contributed by atoms with E-state index in [2.05, 4.69) is 21.0 Å². The molecule has 2 aromatic heterocycles. The van der Waals surface area contributed by atoms with Crippen LogP contribution < -0.4 is 11.2 Å². The number of nitrogens with zero attached hydrogens (tertiary/aromatic N) is 3. The highest BCUT2D eigenvalue weighted by molar-refractivity contribution is 9.10. The van der Waals surface area contributed by atoms with E-state index >= 15 is 0 Å². The molecule has 0 aromatic carbocycles. The van der Waals surface area contributed by atoms with Crippen molar-refractivity contribution < 1.29 is 0 Å². The van der Waals surface area contributed by atoms with Crippen LogP contribution in [0.2, 0.25) is 5.02 Å². The van der Waals surface area contributed by atoms with Crippen LogP contribution >= 0.6 is 27.5 Å². The normalized spacial score (nSPS) is 10.9. The zero-order valence-electron chi connectivity index (χ0n) is 9.94. The maximum absolute atomic E-state index is 11.5. The highest BCUT2D eigenvalue weighted by atomic mass is 79.9. The number of aryl methyl sites for hydroxylation is 2. The third kappa shape index (κ3) is 2.30. The molecule has 7 heteroatoms. The number of halogens is 2. The van der Waals surface area contributed by atoms with Crippen LogP contribution in [0, 0.1) is 6.92 Å². The minimum absolute atomic E-state index is 0.194. The molecule has 0 radical (unpaired) electrons. The Bertz CT molecular complexity index is 636. The number of pyridine rings is 1. The molecule has 0 spiro atoms. The Labute approximate surface area is 117 Å². The van der Waals surface area contributed by atoms with E-state index in [1.807, 2.05) is 14.0 Å². The third-order valence-electron chi connectivity index (χ3n) is 2.66. The van der Waals surface area contributed by atoms with Gasteiger partial charge < -0.3 is 10.3 Å². The van der Waals surface area contributed by atoms with Crippen molar-refractivity contribution in [3.8, 4) is 0 Å². The van der Waals surface area contributed by atoms with Gasteiger partial charge in [-0.15, -0.1) is 0 Å². The first-order valence-corrected chi connectivity index (χ1v) is 6.40. The summed E-state index contributed by atoms with van der Waals surface area (Å²) in [5, 5.41) is 4.87. The predicted octanol–water partition coefficient (Wildman–Crippen LogP) is 1.94. The highest BCUT2D eigenvalue weighted by Crippen LogP contribution is 2.20. The molecule has 2 rings (SSSR count). The van der Waals surface area contributed by atoms with E-state index in [4.69, 9.17) is 17.3 Å². The summed E-state index contributed by atoms with van der Waals surface area (Å²) in [4.78, 5) is 11.5. The Hall–Kier alpha value is -1.27. The number of nitrogen functional groups attached to an aromatic ring is 1.